The van der Waals surface area contributed by atoms with Crippen molar-refractivity contribution in [3.8, 4) is 0 Å². The standard InChI is InChI=1S/C18H16N4O2S/c23-17(16-2-1-9-25-16)20-14-5-3-12(4-6-14)18(24)22-8-7-15-13(11-22)10-19-21-15/h1-6,9-10H,7-8,11H2,(H,19,21)(H,20,23). The fourth-order valence-electron chi connectivity index (χ4n) is 2.87. The molecule has 7 heteroatoms. The normalized spacial score (nSPS) is 13.4. The topological polar surface area (TPSA) is 78.1 Å². The number of anilines is 1. The zero-order valence-corrected chi connectivity index (χ0v) is 14.2. The lowest BCUT2D eigenvalue weighted by Crippen LogP contribution is -2.35. The molecule has 4 rings (SSSR count). The molecule has 6 nitrogen and oxygen atoms in total. The Balaban J connectivity index is 1.43. The minimum Gasteiger partial charge on any atom is -0.334 e. The molecule has 0 spiro atoms. The molecule has 1 aliphatic heterocycles. The molecule has 1 aliphatic rings. The zero-order chi connectivity index (χ0) is 17.2. The molecule has 0 unspecified atom stereocenters. The number of carbonyl (C=O) groups excluding carboxylic acids is 2. The van der Waals surface area contributed by atoms with Gasteiger partial charge in [-0.2, -0.15) is 5.10 Å². The summed E-state index contributed by atoms with van der Waals surface area (Å²) in [4.78, 5) is 27.2. The maximum atomic E-state index is 12.7. The summed E-state index contributed by atoms with van der Waals surface area (Å²) in [7, 11) is 0. The van der Waals surface area contributed by atoms with Crippen molar-refractivity contribution in [2.45, 2.75) is 13.0 Å². The molecule has 25 heavy (non-hydrogen) atoms. The Morgan fingerprint density at radius 1 is 1.20 bits per heavy atom. The summed E-state index contributed by atoms with van der Waals surface area (Å²) >= 11 is 1.39. The van der Waals surface area contributed by atoms with Crippen molar-refractivity contribution in [2.75, 3.05) is 11.9 Å². The first-order chi connectivity index (χ1) is 12.2. The molecule has 3 heterocycles. The van der Waals surface area contributed by atoms with E-state index in [1.54, 1.807) is 36.5 Å². The molecule has 0 bridgehead atoms. The molecule has 126 valence electrons. The van der Waals surface area contributed by atoms with E-state index in [1.165, 1.54) is 11.3 Å². The Labute approximate surface area is 148 Å². The second-order valence-electron chi connectivity index (χ2n) is 5.86. The number of fused-ring (bicyclic) bond motifs is 1. The third kappa shape index (κ3) is 3.18. The molecule has 3 aromatic rings. The van der Waals surface area contributed by atoms with Crippen LogP contribution in [0.25, 0.3) is 0 Å². The lowest BCUT2D eigenvalue weighted by atomic mass is 10.1. The lowest BCUT2D eigenvalue weighted by Gasteiger charge is -2.26. The van der Waals surface area contributed by atoms with E-state index < -0.39 is 0 Å². The van der Waals surface area contributed by atoms with Gasteiger partial charge in [-0.3, -0.25) is 14.7 Å². The van der Waals surface area contributed by atoms with E-state index in [4.69, 9.17) is 0 Å². The van der Waals surface area contributed by atoms with Gasteiger partial charge in [0.25, 0.3) is 11.8 Å². The van der Waals surface area contributed by atoms with Crippen LogP contribution in [0.4, 0.5) is 5.69 Å². The van der Waals surface area contributed by atoms with Crippen LogP contribution in [0.1, 0.15) is 31.3 Å². The highest BCUT2D eigenvalue weighted by atomic mass is 32.1. The molecule has 0 saturated carbocycles. The van der Waals surface area contributed by atoms with Crippen LogP contribution < -0.4 is 5.32 Å². The van der Waals surface area contributed by atoms with Crippen molar-refractivity contribution >= 4 is 28.8 Å². The largest absolute Gasteiger partial charge is 0.334 e. The summed E-state index contributed by atoms with van der Waals surface area (Å²) in [5.74, 6) is -0.152. The number of thiophene rings is 1. The van der Waals surface area contributed by atoms with E-state index in [1.807, 2.05) is 16.3 Å². The third-order valence-electron chi connectivity index (χ3n) is 4.22. The van der Waals surface area contributed by atoms with Crippen LogP contribution in [0, 0.1) is 0 Å². The molecule has 0 fully saturated rings. The highest BCUT2D eigenvalue weighted by molar-refractivity contribution is 7.12. The molecule has 2 amide bonds. The van der Waals surface area contributed by atoms with Gasteiger partial charge in [0.2, 0.25) is 0 Å². The van der Waals surface area contributed by atoms with Gasteiger partial charge < -0.3 is 10.2 Å². The Bertz CT molecular complexity index is 900. The van der Waals surface area contributed by atoms with Gasteiger partial charge in [-0.1, -0.05) is 6.07 Å². The highest BCUT2D eigenvalue weighted by Crippen LogP contribution is 2.20. The predicted molar refractivity (Wildman–Crippen MR) is 95.7 cm³/mol. The van der Waals surface area contributed by atoms with Gasteiger partial charge in [0, 0.05) is 42.0 Å². The summed E-state index contributed by atoms with van der Waals surface area (Å²) < 4.78 is 0. The van der Waals surface area contributed by atoms with Crippen molar-refractivity contribution < 1.29 is 9.59 Å². The van der Waals surface area contributed by atoms with E-state index in [0.29, 0.717) is 29.2 Å². The van der Waals surface area contributed by atoms with Crippen LogP contribution in [0.3, 0.4) is 0 Å². The van der Waals surface area contributed by atoms with Crippen molar-refractivity contribution in [1.82, 2.24) is 15.1 Å². The quantitative estimate of drug-likeness (QED) is 0.761. The van der Waals surface area contributed by atoms with E-state index in [0.717, 1.165) is 17.7 Å². The Hall–Kier alpha value is -2.93. The number of hydrogen-bond donors (Lipinski definition) is 2. The van der Waals surface area contributed by atoms with Gasteiger partial charge in [-0.15, -0.1) is 11.3 Å². The number of hydrogen-bond acceptors (Lipinski definition) is 4. The molecular weight excluding hydrogens is 336 g/mol. The van der Waals surface area contributed by atoms with Crippen LogP contribution in [-0.4, -0.2) is 33.5 Å². The van der Waals surface area contributed by atoms with Gasteiger partial charge in [0.05, 0.1) is 11.1 Å². The van der Waals surface area contributed by atoms with E-state index >= 15 is 0 Å². The number of benzene rings is 1. The van der Waals surface area contributed by atoms with Crippen molar-refractivity contribution in [3.05, 3.63) is 69.7 Å². The van der Waals surface area contributed by atoms with E-state index in [-0.39, 0.29) is 11.8 Å². The summed E-state index contributed by atoms with van der Waals surface area (Å²) in [6, 6.07) is 10.6. The molecule has 0 atom stereocenters. The minimum absolute atomic E-state index is 0.0111. The molecule has 0 aliphatic carbocycles. The molecule has 1 aromatic carbocycles. The van der Waals surface area contributed by atoms with Gasteiger partial charge in [0.15, 0.2) is 0 Å². The van der Waals surface area contributed by atoms with E-state index in [9.17, 15) is 9.59 Å². The summed E-state index contributed by atoms with van der Waals surface area (Å²) in [6.45, 7) is 1.24. The monoisotopic (exact) mass is 352 g/mol. The Kier molecular flexibility index (Phi) is 4.07. The number of nitrogens with zero attached hydrogens (tertiary/aromatic N) is 2. The molecule has 2 N–H and O–H groups in total. The number of rotatable bonds is 3. The van der Waals surface area contributed by atoms with E-state index in [2.05, 4.69) is 15.5 Å². The number of aromatic amines is 1. The fourth-order valence-corrected chi connectivity index (χ4v) is 3.49. The second kappa shape index (κ2) is 6.52. The first-order valence-corrected chi connectivity index (χ1v) is 8.84. The van der Waals surface area contributed by atoms with Crippen molar-refractivity contribution in [1.29, 1.82) is 0 Å². The second-order valence-corrected chi connectivity index (χ2v) is 6.81. The minimum atomic E-state index is -0.141. The Morgan fingerprint density at radius 3 is 2.80 bits per heavy atom. The first kappa shape index (κ1) is 15.6. The summed E-state index contributed by atoms with van der Waals surface area (Å²) in [5.41, 5.74) is 3.46. The number of aromatic nitrogens is 2. The average Bonchev–Trinajstić information content (AvgIpc) is 3.32. The van der Waals surface area contributed by atoms with Crippen LogP contribution in [0.15, 0.2) is 48.0 Å². The molecule has 0 saturated heterocycles. The SMILES string of the molecule is O=C(Nc1ccc(C(=O)N2CCc3[nH]ncc3C2)cc1)c1cccs1. The predicted octanol–water partition coefficient (Wildman–Crippen LogP) is 2.92. The maximum Gasteiger partial charge on any atom is 0.265 e. The number of H-pyrrole nitrogens is 1. The maximum absolute atomic E-state index is 12.7. The first-order valence-electron chi connectivity index (χ1n) is 7.96. The van der Waals surface area contributed by atoms with Crippen LogP contribution >= 0.6 is 11.3 Å². The molecule has 2 aromatic heterocycles. The number of amides is 2. The number of nitrogens with one attached hydrogen (secondary N) is 2. The molecular formula is C18H16N4O2S. The third-order valence-corrected chi connectivity index (χ3v) is 5.09. The summed E-state index contributed by atoms with van der Waals surface area (Å²) in [5, 5.41) is 11.7. The molecule has 0 radical (unpaired) electrons. The van der Waals surface area contributed by atoms with Crippen LogP contribution in [0.5, 0.6) is 0 Å². The zero-order valence-electron chi connectivity index (χ0n) is 13.4. The van der Waals surface area contributed by atoms with Gasteiger partial charge in [-0.05, 0) is 35.7 Å². The van der Waals surface area contributed by atoms with Crippen LogP contribution in [-0.2, 0) is 13.0 Å². The lowest BCUT2D eigenvalue weighted by molar-refractivity contribution is 0.0734. The van der Waals surface area contributed by atoms with Crippen molar-refractivity contribution in [3.63, 3.8) is 0 Å². The highest BCUT2D eigenvalue weighted by Gasteiger charge is 2.22. The van der Waals surface area contributed by atoms with Gasteiger partial charge in [0.1, 0.15) is 0 Å². The smallest absolute Gasteiger partial charge is 0.265 e. The van der Waals surface area contributed by atoms with Gasteiger partial charge >= 0.3 is 0 Å². The number of carbonyl (C=O) groups is 2. The summed E-state index contributed by atoms with van der Waals surface area (Å²) in [6.07, 6.45) is 2.56. The van der Waals surface area contributed by atoms with Crippen LogP contribution in [0.2, 0.25) is 0 Å². The Morgan fingerprint density at radius 2 is 2.04 bits per heavy atom. The average molecular weight is 352 g/mol. The van der Waals surface area contributed by atoms with Gasteiger partial charge in [-0.25, -0.2) is 0 Å². The van der Waals surface area contributed by atoms with Crippen molar-refractivity contribution in [2.24, 2.45) is 0 Å². The fraction of sp³-hybridized carbons (Fsp3) is 0.167.